The number of carbonyl (C=O) groups excluding carboxylic acids is 3. The molecule has 1 aromatic carbocycles. The minimum atomic E-state index is -0.246. The Balaban J connectivity index is 1.50. The van der Waals surface area contributed by atoms with Gasteiger partial charge in [0.1, 0.15) is 0 Å². The highest BCUT2D eigenvalue weighted by atomic mass is 79.9. The monoisotopic (exact) mass is 479 g/mol. The lowest BCUT2D eigenvalue weighted by Gasteiger charge is -2.33. The van der Waals surface area contributed by atoms with E-state index in [1.165, 1.54) is 18.3 Å². The Kier molecular flexibility index (Phi) is 6.86. The van der Waals surface area contributed by atoms with E-state index in [0.717, 1.165) is 15.7 Å². The van der Waals surface area contributed by atoms with Gasteiger partial charge in [-0.25, -0.2) is 9.78 Å². The maximum atomic E-state index is 12.4. The third-order valence-electron chi connectivity index (χ3n) is 4.58. The van der Waals surface area contributed by atoms with Crippen molar-refractivity contribution < 1.29 is 14.4 Å². The van der Waals surface area contributed by atoms with Gasteiger partial charge >= 0.3 is 6.03 Å². The molecule has 154 valence electrons. The SMILES string of the molecule is CC(=O)N1CCN(C(=O)Nc2nc(CC(=O)Nc3ccc(Br)cc3C)cs2)CC1. The number of halogens is 1. The topological polar surface area (TPSA) is 94.6 Å². The van der Waals surface area contributed by atoms with Gasteiger partial charge in [-0.2, -0.15) is 0 Å². The molecule has 2 N–H and O–H groups in total. The lowest BCUT2D eigenvalue weighted by molar-refractivity contribution is -0.130. The minimum absolute atomic E-state index is 0.0197. The number of thiazole rings is 1. The summed E-state index contributed by atoms with van der Waals surface area (Å²) >= 11 is 4.68. The summed E-state index contributed by atoms with van der Waals surface area (Å²) in [6, 6.07) is 5.40. The Hall–Kier alpha value is -2.46. The van der Waals surface area contributed by atoms with Crippen molar-refractivity contribution in [2.45, 2.75) is 20.3 Å². The molecule has 2 heterocycles. The Morgan fingerprint density at radius 1 is 1.14 bits per heavy atom. The van der Waals surface area contributed by atoms with Gasteiger partial charge in [-0.05, 0) is 30.7 Å². The van der Waals surface area contributed by atoms with Gasteiger partial charge in [0.15, 0.2) is 5.13 Å². The molecule has 0 spiro atoms. The highest BCUT2D eigenvalue weighted by molar-refractivity contribution is 9.10. The van der Waals surface area contributed by atoms with E-state index < -0.39 is 0 Å². The molecule has 0 radical (unpaired) electrons. The van der Waals surface area contributed by atoms with Gasteiger partial charge in [-0.15, -0.1) is 11.3 Å². The molecule has 8 nitrogen and oxygen atoms in total. The largest absolute Gasteiger partial charge is 0.339 e. The van der Waals surface area contributed by atoms with Crippen molar-refractivity contribution in [3.8, 4) is 0 Å². The molecule has 0 saturated carbocycles. The summed E-state index contributed by atoms with van der Waals surface area (Å²) in [6.07, 6.45) is 0.124. The first-order valence-electron chi connectivity index (χ1n) is 9.13. The van der Waals surface area contributed by atoms with Crippen LogP contribution in [-0.4, -0.2) is 58.8 Å². The third kappa shape index (κ3) is 5.77. The predicted molar refractivity (Wildman–Crippen MR) is 116 cm³/mol. The molecular weight excluding hydrogens is 458 g/mol. The molecule has 1 fully saturated rings. The number of urea groups is 1. The van der Waals surface area contributed by atoms with Crippen LogP contribution < -0.4 is 10.6 Å². The second-order valence-corrected chi connectivity index (χ2v) is 8.53. The maximum absolute atomic E-state index is 12.4. The van der Waals surface area contributed by atoms with Gasteiger partial charge < -0.3 is 15.1 Å². The van der Waals surface area contributed by atoms with E-state index in [9.17, 15) is 14.4 Å². The number of amides is 4. The van der Waals surface area contributed by atoms with Gasteiger partial charge in [0.05, 0.1) is 12.1 Å². The molecule has 29 heavy (non-hydrogen) atoms. The van der Waals surface area contributed by atoms with E-state index in [4.69, 9.17) is 0 Å². The summed E-state index contributed by atoms with van der Waals surface area (Å²) < 4.78 is 0.954. The lowest BCUT2D eigenvalue weighted by atomic mass is 10.2. The highest BCUT2D eigenvalue weighted by Gasteiger charge is 2.23. The first-order valence-corrected chi connectivity index (χ1v) is 10.8. The standard InChI is InChI=1S/C19H22BrN5O3S/c1-12-9-14(20)3-4-16(12)22-17(27)10-15-11-29-18(21-15)23-19(28)25-7-5-24(6-8-25)13(2)26/h3-4,9,11H,5-8,10H2,1-2H3,(H,22,27)(H,21,23,28). The highest BCUT2D eigenvalue weighted by Crippen LogP contribution is 2.21. The number of aryl methyl sites for hydroxylation is 1. The predicted octanol–water partition coefficient (Wildman–Crippen LogP) is 3.09. The second kappa shape index (κ2) is 9.36. The summed E-state index contributed by atoms with van der Waals surface area (Å²) in [4.78, 5) is 43.8. The molecule has 1 aromatic heterocycles. The summed E-state index contributed by atoms with van der Waals surface area (Å²) in [7, 11) is 0. The van der Waals surface area contributed by atoms with Crippen LogP contribution in [-0.2, 0) is 16.0 Å². The zero-order valence-electron chi connectivity index (χ0n) is 16.2. The zero-order valence-corrected chi connectivity index (χ0v) is 18.6. The van der Waals surface area contributed by atoms with Crippen LogP contribution in [0.1, 0.15) is 18.2 Å². The molecule has 1 saturated heterocycles. The van der Waals surface area contributed by atoms with E-state index in [1.54, 1.807) is 15.2 Å². The molecular formula is C19H22BrN5O3S. The first-order chi connectivity index (χ1) is 13.8. The molecule has 0 aliphatic carbocycles. The Labute approximate surface area is 181 Å². The van der Waals surface area contributed by atoms with Crippen molar-refractivity contribution in [1.29, 1.82) is 0 Å². The molecule has 1 aliphatic heterocycles. The van der Waals surface area contributed by atoms with Crippen LogP contribution in [0.4, 0.5) is 15.6 Å². The summed E-state index contributed by atoms with van der Waals surface area (Å²) in [5, 5.41) is 7.86. The number of hydrogen-bond acceptors (Lipinski definition) is 5. The second-order valence-electron chi connectivity index (χ2n) is 6.75. The number of aromatic nitrogens is 1. The number of benzene rings is 1. The Morgan fingerprint density at radius 3 is 2.48 bits per heavy atom. The Bertz CT molecular complexity index is 924. The zero-order chi connectivity index (χ0) is 21.0. The molecule has 0 bridgehead atoms. The molecule has 0 unspecified atom stereocenters. The number of carbonyl (C=O) groups is 3. The van der Waals surface area contributed by atoms with Crippen LogP contribution in [0.2, 0.25) is 0 Å². The number of hydrogen-bond donors (Lipinski definition) is 2. The molecule has 4 amide bonds. The van der Waals surface area contributed by atoms with Crippen molar-refractivity contribution in [3.63, 3.8) is 0 Å². The van der Waals surface area contributed by atoms with Crippen LogP contribution in [0.3, 0.4) is 0 Å². The molecule has 2 aromatic rings. The molecule has 3 rings (SSSR count). The molecule has 10 heteroatoms. The fourth-order valence-corrected chi connectivity index (χ4v) is 4.14. The summed E-state index contributed by atoms with van der Waals surface area (Å²) in [5.74, 6) is -0.148. The van der Waals surface area contributed by atoms with Crippen LogP contribution in [0.15, 0.2) is 28.1 Å². The average Bonchev–Trinajstić information content (AvgIpc) is 3.10. The van der Waals surface area contributed by atoms with Crippen LogP contribution in [0, 0.1) is 6.92 Å². The van der Waals surface area contributed by atoms with E-state index in [0.29, 0.717) is 37.0 Å². The normalized spacial score (nSPS) is 13.9. The Morgan fingerprint density at radius 2 is 1.83 bits per heavy atom. The van der Waals surface area contributed by atoms with Crippen LogP contribution in [0.25, 0.3) is 0 Å². The van der Waals surface area contributed by atoms with Crippen molar-refractivity contribution in [1.82, 2.24) is 14.8 Å². The van der Waals surface area contributed by atoms with E-state index in [1.807, 2.05) is 25.1 Å². The summed E-state index contributed by atoms with van der Waals surface area (Å²) in [6.45, 7) is 5.48. The molecule has 1 aliphatic rings. The number of nitrogens with one attached hydrogen (secondary N) is 2. The molecule has 0 atom stereocenters. The van der Waals surface area contributed by atoms with Gasteiger partial charge in [0.25, 0.3) is 0 Å². The number of anilines is 2. The van der Waals surface area contributed by atoms with Gasteiger partial charge in [0.2, 0.25) is 11.8 Å². The fourth-order valence-electron chi connectivity index (χ4n) is 2.97. The van der Waals surface area contributed by atoms with Gasteiger partial charge in [-0.1, -0.05) is 15.9 Å². The fraction of sp³-hybridized carbons (Fsp3) is 0.368. The minimum Gasteiger partial charge on any atom is -0.339 e. The number of nitrogens with zero attached hydrogens (tertiary/aromatic N) is 3. The van der Waals surface area contributed by atoms with Crippen LogP contribution >= 0.6 is 27.3 Å². The van der Waals surface area contributed by atoms with Gasteiger partial charge in [0, 0.05) is 48.6 Å². The van der Waals surface area contributed by atoms with Crippen molar-refractivity contribution in [2.75, 3.05) is 36.8 Å². The van der Waals surface area contributed by atoms with E-state index in [-0.39, 0.29) is 24.3 Å². The van der Waals surface area contributed by atoms with E-state index in [2.05, 4.69) is 31.5 Å². The van der Waals surface area contributed by atoms with Gasteiger partial charge in [-0.3, -0.25) is 14.9 Å². The number of piperazine rings is 1. The van der Waals surface area contributed by atoms with Crippen molar-refractivity contribution in [3.05, 3.63) is 39.3 Å². The average molecular weight is 480 g/mol. The summed E-state index contributed by atoms with van der Waals surface area (Å²) in [5.41, 5.74) is 2.31. The lowest BCUT2D eigenvalue weighted by Crippen LogP contribution is -2.51. The van der Waals surface area contributed by atoms with Crippen molar-refractivity contribution >= 4 is 55.9 Å². The van der Waals surface area contributed by atoms with Crippen LogP contribution in [0.5, 0.6) is 0 Å². The smallest absolute Gasteiger partial charge is 0.323 e. The van der Waals surface area contributed by atoms with E-state index >= 15 is 0 Å². The third-order valence-corrected chi connectivity index (χ3v) is 5.88. The van der Waals surface area contributed by atoms with Crippen molar-refractivity contribution in [2.24, 2.45) is 0 Å². The number of rotatable bonds is 4. The first kappa shape index (κ1) is 21.3. The maximum Gasteiger partial charge on any atom is 0.323 e. The quantitative estimate of drug-likeness (QED) is 0.704.